The monoisotopic (exact) mass is 258 g/mol. The minimum Gasteiger partial charge on any atom is -0.506 e. The predicted octanol–water partition coefficient (Wildman–Crippen LogP) is 3.21. The molecule has 1 heterocycles. The smallest absolute Gasteiger partial charge is 0.134 e. The molecule has 2 nitrogen and oxygen atoms in total. The largest absolute Gasteiger partial charge is 0.506 e. The molecule has 2 N–H and O–H groups in total. The molecule has 0 aliphatic heterocycles. The fourth-order valence-corrected chi connectivity index (χ4v) is 2.39. The van der Waals surface area contributed by atoms with Gasteiger partial charge in [0, 0.05) is 16.1 Å². The Morgan fingerprint density at radius 2 is 2.00 bits per heavy atom. The average molecular weight is 259 g/mol. The average Bonchev–Trinajstić information content (AvgIpc) is 2.48. The van der Waals surface area contributed by atoms with Gasteiger partial charge in [0.1, 0.15) is 11.5 Å². The van der Waals surface area contributed by atoms with E-state index in [9.17, 15) is 10.2 Å². The molecule has 0 spiro atoms. The zero-order chi connectivity index (χ0) is 9.42. The number of benzene rings is 1. The van der Waals surface area contributed by atoms with Crippen LogP contribution in [0.15, 0.2) is 17.5 Å². The highest BCUT2D eigenvalue weighted by Gasteiger charge is 2.08. The maximum atomic E-state index is 9.57. The second-order valence-electron chi connectivity index (χ2n) is 2.75. The van der Waals surface area contributed by atoms with Crippen molar-refractivity contribution in [2.45, 2.75) is 5.33 Å². The highest BCUT2D eigenvalue weighted by Crippen LogP contribution is 2.38. The molecule has 0 fully saturated rings. The van der Waals surface area contributed by atoms with Crippen LogP contribution in [0.5, 0.6) is 11.5 Å². The van der Waals surface area contributed by atoms with E-state index in [0.29, 0.717) is 5.33 Å². The third-order valence-corrected chi connectivity index (χ3v) is 3.50. The molecule has 2 aromatic rings. The summed E-state index contributed by atoms with van der Waals surface area (Å²) in [5, 5.41) is 22.0. The Balaban J connectivity index is 2.80. The third kappa shape index (κ3) is 1.40. The first-order valence-electron chi connectivity index (χ1n) is 3.70. The second-order valence-corrected chi connectivity index (χ2v) is 4.19. The summed E-state index contributed by atoms with van der Waals surface area (Å²) < 4.78 is 0.738. The lowest BCUT2D eigenvalue weighted by atomic mass is 10.2. The van der Waals surface area contributed by atoms with Crippen molar-refractivity contribution in [3.05, 3.63) is 23.1 Å². The van der Waals surface area contributed by atoms with Crippen molar-refractivity contribution in [1.29, 1.82) is 0 Å². The number of fused-ring (bicyclic) bond motifs is 1. The summed E-state index contributed by atoms with van der Waals surface area (Å²) in [6.07, 6.45) is 0. The van der Waals surface area contributed by atoms with Gasteiger partial charge in [0.15, 0.2) is 0 Å². The molecule has 0 bridgehead atoms. The first-order chi connectivity index (χ1) is 6.22. The van der Waals surface area contributed by atoms with Gasteiger partial charge in [-0.15, -0.1) is 11.3 Å². The first-order valence-corrected chi connectivity index (χ1v) is 5.70. The molecule has 0 unspecified atom stereocenters. The number of halogens is 1. The minimum atomic E-state index is 0.234. The Hall–Kier alpha value is -0.740. The molecule has 1 aromatic heterocycles. The van der Waals surface area contributed by atoms with Gasteiger partial charge >= 0.3 is 0 Å². The summed E-state index contributed by atoms with van der Waals surface area (Å²) in [6.45, 7) is 0. The summed E-state index contributed by atoms with van der Waals surface area (Å²) in [7, 11) is 0. The number of hydrogen-bond acceptors (Lipinski definition) is 3. The van der Waals surface area contributed by atoms with E-state index in [1.165, 1.54) is 11.3 Å². The van der Waals surface area contributed by atoms with E-state index in [-0.39, 0.29) is 11.5 Å². The van der Waals surface area contributed by atoms with E-state index in [1.807, 2.05) is 6.07 Å². The van der Waals surface area contributed by atoms with E-state index in [2.05, 4.69) is 15.9 Å². The van der Waals surface area contributed by atoms with E-state index in [4.69, 9.17) is 0 Å². The van der Waals surface area contributed by atoms with Gasteiger partial charge in [0.2, 0.25) is 0 Å². The first kappa shape index (κ1) is 8.84. The van der Waals surface area contributed by atoms with E-state index < -0.39 is 0 Å². The molecule has 4 heteroatoms. The lowest BCUT2D eigenvalue weighted by Crippen LogP contribution is -1.76. The van der Waals surface area contributed by atoms with Crippen LogP contribution in [0, 0.1) is 0 Å². The van der Waals surface area contributed by atoms with Crippen LogP contribution >= 0.6 is 27.3 Å². The fourth-order valence-electron chi connectivity index (χ4n) is 1.24. The van der Waals surface area contributed by atoms with Crippen LogP contribution in [0.1, 0.15) is 5.56 Å². The van der Waals surface area contributed by atoms with Crippen molar-refractivity contribution in [2.24, 2.45) is 0 Å². The Morgan fingerprint density at radius 1 is 1.23 bits per heavy atom. The molecule has 0 amide bonds. The summed E-state index contributed by atoms with van der Waals surface area (Å²) in [5.74, 6) is 0.468. The van der Waals surface area contributed by atoms with Gasteiger partial charge in [-0.2, -0.15) is 0 Å². The third-order valence-electron chi connectivity index (χ3n) is 1.85. The Bertz CT molecular complexity index is 450. The number of thiophene rings is 1. The predicted molar refractivity (Wildman–Crippen MR) is 57.8 cm³/mol. The molecule has 0 aliphatic rings. The summed E-state index contributed by atoms with van der Waals surface area (Å²) in [5.41, 5.74) is 0.957. The van der Waals surface area contributed by atoms with Crippen molar-refractivity contribution in [3.63, 3.8) is 0 Å². The lowest BCUT2D eigenvalue weighted by Gasteiger charge is -1.99. The molecular weight excluding hydrogens is 252 g/mol. The van der Waals surface area contributed by atoms with Crippen molar-refractivity contribution < 1.29 is 10.2 Å². The maximum Gasteiger partial charge on any atom is 0.134 e. The molecular formula is C9H7BrO2S. The van der Waals surface area contributed by atoms with Crippen LogP contribution in [-0.2, 0) is 5.33 Å². The lowest BCUT2D eigenvalue weighted by molar-refractivity contribution is 0.478. The quantitative estimate of drug-likeness (QED) is 0.772. The summed E-state index contributed by atoms with van der Waals surface area (Å²) in [6, 6.07) is 3.57. The minimum absolute atomic E-state index is 0.234. The standard InChI is InChI=1S/C9H7BrO2S/c10-3-5-1-6-8(12)4-13-9(6)7(11)2-5/h1-2,4,11-12H,3H2. The number of alkyl halides is 1. The van der Waals surface area contributed by atoms with Gasteiger partial charge in [0.25, 0.3) is 0 Å². The Labute approximate surface area is 87.6 Å². The zero-order valence-corrected chi connectivity index (χ0v) is 9.02. The van der Waals surface area contributed by atoms with Gasteiger partial charge < -0.3 is 10.2 Å². The molecule has 68 valence electrons. The van der Waals surface area contributed by atoms with Gasteiger partial charge in [-0.1, -0.05) is 15.9 Å². The molecule has 0 saturated carbocycles. The highest BCUT2D eigenvalue weighted by molar-refractivity contribution is 9.08. The number of hydrogen-bond donors (Lipinski definition) is 2. The SMILES string of the molecule is Oc1csc2c(O)cc(CBr)cc12. The van der Waals surface area contributed by atoms with Crippen molar-refractivity contribution in [1.82, 2.24) is 0 Å². The summed E-state index contributed by atoms with van der Waals surface area (Å²) in [4.78, 5) is 0. The number of phenolic OH excluding ortho intramolecular Hbond substituents is 1. The van der Waals surface area contributed by atoms with E-state index in [1.54, 1.807) is 11.4 Å². The van der Waals surface area contributed by atoms with Gasteiger partial charge in [-0.3, -0.25) is 0 Å². The topological polar surface area (TPSA) is 40.5 Å². The van der Waals surface area contributed by atoms with Crippen molar-refractivity contribution in [2.75, 3.05) is 0 Å². The normalized spacial score (nSPS) is 10.8. The maximum absolute atomic E-state index is 9.57. The van der Waals surface area contributed by atoms with Crippen molar-refractivity contribution in [3.8, 4) is 11.5 Å². The molecule has 13 heavy (non-hydrogen) atoms. The van der Waals surface area contributed by atoms with Gasteiger partial charge in [-0.25, -0.2) is 0 Å². The zero-order valence-electron chi connectivity index (χ0n) is 6.62. The van der Waals surface area contributed by atoms with Crippen LogP contribution in [0.2, 0.25) is 0 Å². The van der Waals surface area contributed by atoms with Crippen LogP contribution in [-0.4, -0.2) is 10.2 Å². The molecule has 1 aromatic carbocycles. The molecule has 0 saturated heterocycles. The van der Waals surface area contributed by atoms with Crippen LogP contribution in [0.4, 0.5) is 0 Å². The molecule has 0 radical (unpaired) electrons. The summed E-state index contributed by atoms with van der Waals surface area (Å²) >= 11 is 4.65. The van der Waals surface area contributed by atoms with E-state index >= 15 is 0 Å². The number of aromatic hydroxyl groups is 2. The highest BCUT2D eigenvalue weighted by atomic mass is 79.9. The van der Waals surface area contributed by atoms with Crippen LogP contribution in [0.25, 0.3) is 10.1 Å². The number of phenols is 1. The van der Waals surface area contributed by atoms with Crippen molar-refractivity contribution >= 4 is 37.4 Å². The fraction of sp³-hybridized carbons (Fsp3) is 0.111. The van der Waals surface area contributed by atoms with Crippen LogP contribution in [0.3, 0.4) is 0 Å². The van der Waals surface area contributed by atoms with Gasteiger partial charge in [-0.05, 0) is 17.7 Å². The Kier molecular flexibility index (Phi) is 2.17. The van der Waals surface area contributed by atoms with Gasteiger partial charge in [0.05, 0.1) is 4.70 Å². The molecule has 0 atom stereocenters. The Morgan fingerprint density at radius 3 is 2.69 bits per heavy atom. The van der Waals surface area contributed by atoms with Crippen LogP contribution < -0.4 is 0 Å². The second kappa shape index (κ2) is 3.20. The molecule has 0 aliphatic carbocycles. The van der Waals surface area contributed by atoms with E-state index in [0.717, 1.165) is 15.6 Å². The molecule has 2 rings (SSSR count). The number of rotatable bonds is 1.